The maximum absolute atomic E-state index is 11.4. The van der Waals surface area contributed by atoms with Crippen LogP contribution in [0.4, 0.5) is 5.69 Å². The van der Waals surface area contributed by atoms with Gasteiger partial charge in [-0.1, -0.05) is 22.8 Å². The quantitative estimate of drug-likeness (QED) is 0.302. The van der Waals surface area contributed by atoms with Gasteiger partial charge in [0.1, 0.15) is 22.8 Å². The third-order valence-electron chi connectivity index (χ3n) is 8.34. The topological polar surface area (TPSA) is 92.3 Å². The van der Waals surface area contributed by atoms with Gasteiger partial charge in [-0.3, -0.25) is 4.98 Å². The second kappa shape index (κ2) is 8.67. The molecule has 1 N–H and O–H groups in total. The van der Waals surface area contributed by atoms with Crippen LogP contribution in [0.2, 0.25) is 5.02 Å². The maximum atomic E-state index is 11.4. The molecule has 192 valence electrons. The first-order valence-corrected chi connectivity index (χ1v) is 13.5. The molecule has 0 amide bonds. The molecule has 0 atom stereocenters. The van der Waals surface area contributed by atoms with Crippen molar-refractivity contribution in [3.05, 3.63) is 76.3 Å². The Labute approximate surface area is 225 Å². The smallest absolute Gasteiger partial charge is 0.354 e. The van der Waals surface area contributed by atoms with Gasteiger partial charge >= 0.3 is 5.97 Å². The molecule has 1 spiro atoms. The molecule has 1 aliphatic heterocycles. The molecule has 4 heterocycles. The number of halogens is 1. The Morgan fingerprint density at radius 3 is 2.66 bits per heavy atom. The molecule has 1 saturated carbocycles. The zero-order valence-corrected chi connectivity index (χ0v) is 21.8. The summed E-state index contributed by atoms with van der Waals surface area (Å²) >= 11 is 6.49. The molecule has 2 fully saturated rings. The normalized spacial score (nSPS) is 18.5. The molecular weight excluding hydrogens is 500 g/mol. The van der Waals surface area contributed by atoms with Crippen molar-refractivity contribution in [3.63, 3.8) is 0 Å². The van der Waals surface area contributed by atoms with Crippen LogP contribution in [-0.2, 0) is 0 Å². The third-order valence-corrected chi connectivity index (χ3v) is 8.64. The molecule has 7 nitrogen and oxygen atoms in total. The average molecular weight is 527 g/mol. The van der Waals surface area contributed by atoms with Crippen molar-refractivity contribution in [2.24, 2.45) is 5.41 Å². The Hall–Kier alpha value is -3.71. The molecule has 1 aromatic carbocycles. The minimum absolute atomic E-state index is 0.0846. The van der Waals surface area contributed by atoms with Crippen LogP contribution < -0.4 is 4.90 Å². The van der Waals surface area contributed by atoms with Crippen LogP contribution in [-0.4, -0.2) is 39.3 Å². The fraction of sp³-hybridized carbons (Fsp3) is 0.333. The Kier molecular flexibility index (Phi) is 5.34. The highest BCUT2D eigenvalue weighted by atomic mass is 35.5. The van der Waals surface area contributed by atoms with Crippen LogP contribution in [0.15, 0.2) is 53.2 Å². The predicted octanol–water partition coefficient (Wildman–Crippen LogP) is 6.90. The van der Waals surface area contributed by atoms with Crippen LogP contribution in [0.25, 0.3) is 27.9 Å². The van der Waals surface area contributed by atoms with Gasteiger partial charge in [-0.05, 0) is 92.0 Å². The van der Waals surface area contributed by atoms with Crippen LogP contribution in [0.3, 0.4) is 0 Å². The summed E-state index contributed by atoms with van der Waals surface area (Å²) in [6.07, 6.45) is 9.65. The van der Waals surface area contributed by atoms with Gasteiger partial charge in [-0.15, -0.1) is 0 Å². The van der Waals surface area contributed by atoms with E-state index in [1.54, 1.807) is 12.3 Å². The van der Waals surface area contributed by atoms with Crippen molar-refractivity contribution in [1.29, 1.82) is 0 Å². The number of pyridine rings is 2. The Balaban J connectivity index is 1.13. The van der Waals surface area contributed by atoms with Crippen molar-refractivity contribution in [3.8, 4) is 11.4 Å². The van der Waals surface area contributed by atoms with Gasteiger partial charge in [-0.25, -0.2) is 9.78 Å². The van der Waals surface area contributed by atoms with E-state index in [0.717, 1.165) is 84.4 Å². The first kappa shape index (κ1) is 23.4. The van der Waals surface area contributed by atoms with Gasteiger partial charge in [0.25, 0.3) is 0 Å². The maximum Gasteiger partial charge on any atom is 0.354 e. The molecule has 2 aliphatic carbocycles. The SMILES string of the molecule is Cc1cc(C(=O)O)nc2ccc(N3CCC4(C=C(c5c(-c6ncccc6Cl)noc5C5CC5)C4)CC3)cc12. The summed E-state index contributed by atoms with van der Waals surface area (Å²) in [7, 11) is 0. The van der Waals surface area contributed by atoms with E-state index in [1.807, 2.05) is 25.1 Å². The van der Waals surface area contributed by atoms with Crippen LogP contribution >= 0.6 is 11.6 Å². The minimum atomic E-state index is -1.00. The van der Waals surface area contributed by atoms with Crippen molar-refractivity contribution >= 4 is 39.7 Å². The van der Waals surface area contributed by atoms with Crippen LogP contribution in [0, 0.1) is 12.3 Å². The molecule has 0 unspecified atom stereocenters. The van der Waals surface area contributed by atoms with E-state index in [4.69, 9.17) is 16.1 Å². The summed E-state index contributed by atoms with van der Waals surface area (Å²) in [6, 6.07) is 11.5. The van der Waals surface area contributed by atoms with Gasteiger partial charge in [0, 0.05) is 36.3 Å². The zero-order valence-electron chi connectivity index (χ0n) is 21.1. The van der Waals surface area contributed by atoms with Gasteiger partial charge in [0.05, 0.1) is 16.1 Å². The van der Waals surface area contributed by atoms with Crippen molar-refractivity contribution in [2.75, 3.05) is 18.0 Å². The molecular formula is C30H27ClN4O3. The fourth-order valence-corrected chi connectivity index (χ4v) is 6.27. The van der Waals surface area contributed by atoms with Gasteiger partial charge < -0.3 is 14.5 Å². The number of allylic oxidation sites excluding steroid dienone is 2. The first-order chi connectivity index (χ1) is 18.4. The van der Waals surface area contributed by atoms with E-state index in [0.29, 0.717) is 16.6 Å². The molecule has 8 heteroatoms. The summed E-state index contributed by atoms with van der Waals surface area (Å²) < 4.78 is 5.87. The number of aryl methyl sites for hydroxylation is 1. The number of nitrogens with zero attached hydrogens (tertiary/aromatic N) is 4. The Bertz CT molecular complexity index is 1630. The van der Waals surface area contributed by atoms with Crippen molar-refractivity contribution in [2.45, 2.75) is 44.9 Å². The minimum Gasteiger partial charge on any atom is -0.477 e. The van der Waals surface area contributed by atoms with E-state index in [-0.39, 0.29) is 11.1 Å². The highest BCUT2D eigenvalue weighted by molar-refractivity contribution is 6.33. The van der Waals surface area contributed by atoms with Gasteiger partial charge in [0.15, 0.2) is 0 Å². The number of carboxylic acid groups (broad SMARTS) is 1. The lowest BCUT2D eigenvalue weighted by Gasteiger charge is -2.47. The third kappa shape index (κ3) is 3.88. The van der Waals surface area contributed by atoms with Crippen LogP contribution in [0.1, 0.15) is 65.4 Å². The number of piperidine rings is 1. The van der Waals surface area contributed by atoms with Crippen molar-refractivity contribution in [1.82, 2.24) is 15.1 Å². The number of fused-ring (bicyclic) bond motifs is 1. The van der Waals surface area contributed by atoms with E-state index < -0.39 is 5.97 Å². The molecule has 38 heavy (non-hydrogen) atoms. The number of aromatic nitrogens is 3. The summed E-state index contributed by atoms with van der Waals surface area (Å²) in [4.78, 5) is 22.6. The number of hydrogen-bond donors (Lipinski definition) is 1. The molecule has 0 radical (unpaired) electrons. The number of aromatic carboxylic acids is 1. The fourth-order valence-electron chi connectivity index (χ4n) is 6.06. The van der Waals surface area contributed by atoms with Gasteiger partial charge in [-0.2, -0.15) is 0 Å². The average Bonchev–Trinajstić information content (AvgIpc) is 3.66. The molecule has 1 saturated heterocycles. The van der Waals surface area contributed by atoms with E-state index in [9.17, 15) is 9.90 Å². The first-order valence-electron chi connectivity index (χ1n) is 13.1. The van der Waals surface area contributed by atoms with Gasteiger partial charge in [0.2, 0.25) is 0 Å². The summed E-state index contributed by atoms with van der Waals surface area (Å²) in [5.41, 5.74) is 6.95. The summed E-state index contributed by atoms with van der Waals surface area (Å²) in [5.74, 6) is 0.441. The lowest BCUT2D eigenvalue weighted by molar-refractivity contribution is 0.0691. The molecule has 7 rings (SSSR count). The molecule has 4 aromatic rings. The standard InChI is InChI=1S/C30H27ClN4O3/c1-17-13-24(29(36)37)33-23-7-6-20(14-21(17)23)35-11-8-30(9-12-35)15-19(16-30)25-27(26-22(31)3-2-10-32-26)34-38-28(25)18-4-5-18/h2-3,6-7,10,13-15,18H,4-5,8-9,11-12,16H2,1H3,(H,36,37). The highest BCUT2D eigenvalue weighted by Crippen LogP contribution is 2.55. The van der Waals surface area contributed by atoms with Crippen LogP contribution in [0.5, 0.6) is 0 Å². The lowest BCUT2D eigenvalue weighted by atomic mass is 9.63. The second-order valence-electron chi connectivity index (χ2n) is 10.9. The number of carbonyl (C=O) groups is 1. The summed E-state index contributed by atoms with van der Waals surface area (Å²) in [5, 5.41) is 15.3. The van der Waals surface area contributed by atoms with E-state index >= 15 is 0 Å². The molecule has 3 aromatic heterocycles. The number of hydrogen-bond acceptors (Lipinski definition) is 6. The van der Waals surface area contributed by atoms with E-state index in [2.05, 4.69) is 38.2 Å². The number of rotatable bonds is 5. The Morgan fingerprint density at radius 2 is 1.95 bits per heavy atom. The lowest BCUT2D eigenvalue weighted by Crippen LogP contribution is -2.42. The Morgan fingerprint density at radius 1 is 1.16 bits per heavy atom. The largest absolute Gasteiger partial charge is 0.477 e. The highest BCUT2D eigenvalue weighted by Gasteiger charge is 2.44. The predicted molar refractivity (Wildman–Crippen MR) is 147 cm³/mol. The monoisotopic (exact) mass is 526 g/mol. The zero-order chi connectivity index (χ0) is 26.0. The molecule has 3 aliphatic rings. The number of carboxylic acids is 1. The number of anilines is 1. The van der Waals surface area contributed by atoms with Crippen molar-refractivity contribution < 1.29 is 14.4 Å². The summed E-state index contributed by atoms with van der Waals surface area (Å²) in [6.45, 7) is 3.87. The molecule has 0 bridgehead atoms. The number of benzene rings is 1. The van der Waals surface area contributed by atoms with E-state index in [1.165, 1.54) is 5.57 Å². The second-order valence-corrected chi connectivity index (χ2v) is 11.3.